The first-order valence-electron chi connectivity index (χ1n) is 8.13. The maximum atomic E-state index is 12.1. The van der Waals surface area contributed by atoms with Gasteiger partial charge in [0.15, 0.2) is 0 Å². The van der Waals surface area contributed by atoms with Gasteiger partial charge in [-0.25, -0.2) is 0 Å². The Kier molecular flexibility index (Phi) is 7.13. The second-order valence-electron chi connectivity index (χ2n) is 5.96. The molecule has 0 saturated heterocycles. The number of carbonyl (C=O) groups is 2. The highest BCUT2D eigenvalue weighted by molar-refractivity contribution is 8.00. The van der Waals surface area contributed by atoms with Gasteiger partial charge in [0.05, 0.1) is 23.2 Å². The van der Waals surface area contributed by atoms with Crippen molar-refractivity contribution in [1.82, 2.24) is 0 Å². The number of carbonyl (C=O) groups excluding carboxylic acids is 2. The van der Waals surface area contributed by atoms with Crippen LogP contribution in [0.15, 0.2) is 0 Å². The van der Waals surface area contributed by atoms with E-state index in [1.54, 1.807) is 13.8 Å². The van der Waals surface area contributed by atoms with Gasteiger partial charge in [0.1, 0.15) is 11.1 Å². The Bertz CT molecular complexity index is 647. The van der Waals surface area contributed by atoms with Crippen LogP contribution in [0.1, 0.15) is 49.1 Å². The Hall–Kier alpha value is -1.52. The number of nitrogens with one attached hydrogen (secondary N) is 1. The van der Waals surface area contributed by atoms with Crippen LogP contribution in [0.4, 0.5) is 5.00 Å². The molecule has 7 heteroatoms. The smallest absolute Gasteiger partial charge is 0.316 e. The van der Waals surface area contributed by atoms with Gasteiger partial charge < -0.3 is 10.1 Å². The summed E-state index contributed by atoms with van der Waals surface area (Å²) in [7, 11) is 0. The number of thiophene rings is 1. The predicted molar refractivity (Wildman–Crippen MR) is 97.5 cm³/mol. The lowest BCUT2D eigenvalue weighted by atomic mass is 10.1. The molecule has 0 atom stereocenters. The van der Waals surface area contributed by atoms with Gasteiger partial charge in [0.25, 0.3) is 0 Å². The fourth-order valence-electron chi connectivity index (χ4n) is 2.64. The minimum absolute atomic E-state index is 0.147. The van der Waals surface area contributed by atoms with Gasteiger partial charge in [-0.2, -0.15) is 5.26 Å². The number of nitrogens with zero attached hydrogens (tertiary/aromatic N) is 1. The van der Waals surface area contributed by atoms with Gasteiger partial charge in [-0.1, -0.05) is 6.42 Å². The molecule has 1 amide bonds. The van der Waals surface area contributed by atoms with E-state index in [1.165, 1.54) is 34.4 Å². The van der Waals surface area contributed by atoms with E-state index in [0.717, 1.165) is 31.2 Å². The highest BCUT2D eigenvalue weighted by Crippen LogP contribution is 2.36. The van der Waals surface area contributed by atoms with Crippen molar-refractivity contribution in [3.8, 4) is 6.07 Å². The van der Waals surface area contributed by atoms with Gasteiger partial charge in [-0.15, -0.1) is 23.1 Å². The van der Waals surface area contributed by atoms with Crippen LogP contribution in [0.3, 0.4) is 0 Å². The summed E-state index contributed by atoms with van der Waals surface area (Å²) in [5.41, 5.74) is 1.73. The van der Waals surface area contributed by atoms with Crippen molar-refractivity contribution < 1.29 is 14.3 Å². The molecule has 0 aromatic carbocycles. The lowest BCUT2D eigenvalue weighted by molar-refractivity contribution is -0.144. The third kappa shape index (κ3) is 5.25. The fraction of sp³-hybridized carbons (Fsp3) is 0.588. The molecule has 24 heavy (non-hydrogen) atoms. The molecule has 1 aromatic rings. The van der Waals surface area contributed by atoms with Gasteiger partial charge >= 0.3 is 5.97 Å². The van der Waals surface area contributed by atoms with Crippen molar-refractivity contribution in [2.75, 3.05) is 16.8 Å². The average molecular weight is 367 g/mol. The second kappa shape index (κ2) is 9.09. The Morgan fingerprint density at radius 3 is 2.75 bits per heavy atom. The topological polar surface area (TPSA) is 79.2 Å². The van der Waals surface area contributed by atoms with E-state index in [0.29, 0.717) is 10.6 Å². The molecule has 1 heterocycles. The van der Waals surface area contributed by atoms with E-state index >= 15 is 0 Å². The highest BCUT2D eigenvalue weighted by Gasteiger charge is 2.21. The zero-order valence-corrected chi connectivity index (χ0v) is 15.6. The fourth-order valence-corrected chi connectivity index (χ4v) is 4.49. The summed E-state index contributed by atoms with van der Waals surface area (Å²) in [4.78, 5) is 24.8. The Labute approximate surface area is 150 Å². The van der Waals surface area contributed by atoms with Crippen molar-refractivity contribution in [2.24, 2.45) is 0 Å². The third-order valence-corrected chi connectivity index (χ3v) is 5.72. The molecule has 0 fully saturated rings. The number of nitriles is 1. The molecule has 0 saturated carbocycles. The second-order valence-corrected chi connectivity index (χ2v) is 8.05. The molecule has 1 aromatic heterocycles. The highest BCUT2D eigenvalue weighted by atomic mass is 32.2. The first kappa shape index (κ1) is 18.8. The molecule has 1 aliphatic rings. The number of aryl methyl sites for hydroxylation is 1. The molecule has 0 unspecified atom stereocenters. The minimum atomic E-state index is -0.316. The molecule has 130 valence electrons. The van der Waals surface area contributed by atoms with Crippen LogP contribution in [0.2, 0.25) is 0 Å². The Morgan fingerprint density at radius 2 is 2.04 bits per heavy atom. The molecule has 0 aliphatic heterocycles. The molecule has 0 bridgehead atoms. The van der Waals surface area contributed by atoms with E-state index in [2.05, 4.69) is 11.4 Å². The van der Waals surface area contributed by atoms with E-state index in [-0.39, 0.29) is 29.5 Å². The number of thioether (sulfide) groups is 1. The lowest BCUT2D eigenvalue weighted by Crippen LogP contribution is -2.17. The standard InChI is InChI=1S/C17H22N2O3S2/c1-11(2)22-16(21)10-23-9-15(20)19-17-13(8-18)12-6-4-3-5-7-14(12)24-17/h11H,3-7,9-10H2,1-2H3,(H,19,20). The number of hydrogen-bond acceptors (Lipinski definition) is 6. The molecule has 5 nitrogen and oxygen atoms in total. The molecule has 0 spiro atoms. The molecular weight excluding hydrogens is 344 g/mol. The zero-order chi connectivity index (χ0) is 17.5. The summed E-state index contributed by atoms with van der Waals surface area (Å²) in [6, 6.07) is 2.25. The van der Waals surface area contributed by atoms with Crippen LogP contribution < -0.4 is 5.32 Å². The molecule has 0 radical (unpaired) electrons. The summed E-state index contributed by atoms with van der Waals surface area (Å²) >= 11 is 2.74. The van der Waals surface area contributed by atoms with E-state index in [4.69, 9.17) is 4.74 Å². The van der Waals surface area contributed by atoms with Crippen molar-refractivity contribution >= 4 is 40.0 Å². The first-order valence-corrected chi connectivity index (χ1v) is 10.1. The number of hydrogen-bond donors (Lipinski definition) is 1. The molecule has 2 rings (SSSR count). The molecule has 1 aliphatic carbocycles. The summed E-state index contributed by atoms with van der Waals surface area (Å²) in [6.07, 6.45) is 5.18. The van der Waals surface area contributed by atoms with E-state index in [9.17, 15) is 14.9 Å². The van der Waals surface area contributed by atoms with Crippen LogP contribution in [0.25, 0.3) is 0 Å². The van der Waals surface area contributed by atoms with Crippen LogP contribution in [-0.2, 0) is 27.2 Å². The van der Waals surface area contributed by atoms with Crippen LogP contribution in [0, 0.1) is 11.3 Å². The zero-order valence-electron chi connectivity index (χ0n) is 14.0. The Balaban J connectivity index is 1.90. The van der Waals surface area contributed by atoms with Crippen molar-refractivity contribution in [2.45, 2.75) is 52.1 Å². The molecular formula is C17H22N2O3S2. The number of ether oxygens (including phenoxy) is 1. The largest absolute Gasteiger partial charge is 0.462 e. The van der Waals surface area contributed by atoms with Gasteiger partial charge in [-0.05, 0) is 45.1 Å². The van der Waals surface area contributed by atoms with Gasteiger partial charge in [0.2, 0.25) is 5.91 Å². The quantitative estimate of drug-likeness (QED) is 0.615. The maximum absolute atomic E-state index is 12.1. The average Bonchev–Trinajstić information content (AvgIpc) is 2.67. The number of anilines is 1. The van der Waals surface area contributed by atoms with Crippen molar-refractivity contribution in [3.05, 3.63) is 16.0 Å². The number of esters is 1. The lowest BCUT2D eigenvalue weighted by Gasteiger charge is -2.07. The Morgan fingerprint density at radius 1 is 1.29 bits per heavy atom. The number of rotatable bonds is 6. The summed E-state index contributed by atoms with van der Waals surface area (Å²) in [6.45, 7) is 3.58. The van der Waals surface area contributed by atoms with Crippen molar-refractivity contribution in [1.29, 1.82) is 5.26 Å². The van der Waals surface area contributed by atoms with E-state index in [1.807, 2.05) is 0 Å². The maximum Gasteiger partial charge on any atom is 0.316 e. The first-order chi connectivity index (χ1) is 11.5. The van der Waals surface area contributed by atoms with Crippen LogP contribution in [-0.4, -0.2) is 29.5 Å². The summed E-state index contributed by atoms with van der Waals surface area (Å²) in [5.74, 6) is -0.188. The minimum Gasteiger partial charge on any atom is -0.462 e. The molecule has 1 N–H and O–H groups in total. The van der Waals surface area contributed by atoms with Gasteiger partial charge in [0, 0.05) is 4.88 Å². The third-order valence-electron chi connectivity index (χ3n) is 3.61. The monoisotopic (exact) mass is 366 g/mol. The number of amides is 1. The van der Waals surface area contributed by atoms with Crippen LogP contribution >= 0.6 is 23.1 Å². The SMILES string of the molecule is CC(C)OC(=O)CSCC(=O)Nc1sc2c(c1C#N)CCCCC2. The van der Waals surface area contributed by atoms with Crippen LogP contribution in [0.5, 0.6) is 0 Å². The normalized spacial score (nSPS) is 13.8. The summed E-state index contributed by atoms with van der Waals surface area (Å²) in [5, 5.41) is 12.9. The summed E-state index contributed by atoms with van der Waals surface area (Å²) < 4.78 is 5.02. The number of fused-ring (bicyclic) bond motifs is 1. The van der Waals surface area contributed by atoms with E-state index < -0.39 is 0 Å². The van der Waals surface area contributed by atoms with Gasteiger partial charge in [-0.3, -0.25) is 9.59 Å². The predicted octanol–water partition coefficient (Wildman–Crippen LogP) is 3.51. The van der Waals surface area contributed by atoms with Crippen molar-refractivity contribution in [3.63, 3.8) is 0 Å².